The second-order valence-electron chi connectivity index (χ2n) is 4.07. The number of nitrogen functional groups attached to an aromatic ring is 1. The highest BCUT2D eigenvalue weighted by Gasteiger charge is 2.20. The molecule has 1 fully saturated rings. The van der Waals surface area contributed by atoms with Crippen LogP contribution >= 0.6 is 15.9 Å². The molecule has 0 aliphatic carbocycles. The molecule has 0 unspecified atom stereocenters. The number of nitrogens with two attached hydrogens (primary N) is 1. The third-order valence-electron chi connectivity index (χ3n) is 2.83. The smallest absolute Gasteiger partial charge is 0.227 e. The maximum Gasteiger partial charge on any atom is 0.227 e. The lowest BCUT2D eigenvalue weighted by molar-refractivity contribution is -0.118. The fourth-order valence-electron chi connectivity index (χ4n) is 1.97. The summed E-state index contributed by atoms with van der Waals surface area (Å²) in [6.45, 7) is 0.793. The van der Waals surface area contributed by atoms with E-state index in [1.54, 1.807) is 0 Å². The highest BCUT2D eigenvalue weighted by Crippen LogP contribution is 2.30. The van der Waals surface area contributed by atoms with Crippen LogP contribution in [-0.4, -0.2) is 12.5 Å². The van der Waals surface area contributed by atoms with Gasteiger partial charge < -0.3 is 10.6 Å². The number of benzene rings is 1. The largest absolute Gasteiger partial charge is 0.399 e. The van der Waals surface area contributed by atoms with Crippen LogP contribution in [0.2, 0.25) is 0 Å². The molecule has 4 heteroatoms. The summed E-state index contributed by atoms with van der Waals surface area (Å²) in [5, 5.41) is 0. The van der Waals surface area contributed by atoms with Gasteiger partial charge in [-0.05, 0) is 47.0 Å². The van der Waals surface area contributed by atoms with Crippen LogP contribution < -0.4 is 10.6 Å². The van der Waals surface area contributed by atoms with Gasteiger partial charge >= 0.3 is 0 Å². The standard InChI is InChI=1S/C12H15BrN2O/c13-10-6-5-9(14)8-11(10)15-7-3-1-2-4-12(15)16/h5-6,8H,1-4,7,14H2. The van der Waals surface area contributed by atoms with Crippen molar-refractivity contribution in [1.29, 1.82) is 0 Å². The van der Waals surface area contributed by atoms with Crippen molar-refractivity contribution in [1.82, 2.24) is 0 Å². The minimum absolute atomic E-state index is 0.198. The summed E-state index contributed by atoms with van der Waals surface area (Å²) in [7, 11) is 0. The van der Waals surface area contributed by atoms with Crippen LogP contribution in [-0.2, 0) is 4.79 Å². The number of nitrogens with zero attached hydrogens (tertiary/aromatic N) is 1. The van der Waals surface area contributed by atoms with Gasteiger partial charge in [0.05, 0.1) is 5.69 Å². The van der Waals surface area contributed by atoms with E-state index >= 15 is 0 Å². The number of carbonyl (C=O) groups is 1. The van der Waals surface area contributed by atoms with Crippen LogP contribution in [0.5, 0.6) is 0 Å². The summed E-state index contributed by atoms with van der Waals surface area (Å²) in [5.74, 6) is 0.198. The Morgan fingerprint density at radius 1 is 1.25 bits per heavy atom. The third-order valence-corrected chi connectivity index (χ3v) is 3.50. The Kier molecular flexibility index (Phi) is 3.49. The number of hydrogen-bond donors (Lipinski definition) is 1. The molecule has 1 aromatic rings. The van der Waals surface area contributed by atoms with Crippen molar-refractivity contribution in [3.63, 3.8) is 0 Å². The van der Waals surface area contributed by atoms with E-state index in [4.69, 9.17) is 5.73 Å². The molecule has 1 saturated heterocycles. The van der Waals surface area contributed by atoms with Crippen molar-refractivity contribution in [2.24, 2.45) is 0 Å². The van der Waals surface area contributed by atoms with Crippen LogP contribution in [0.25, 0.3) is 0 Å². The second kappa shape index (κ2) is 4.87. The van der Waals surface area contributed by atoms with E-state index in [-0.39, 0.29) is 5.91 Å². The normalized spacial score (nSPS) is 17.3. The molecular formula is C12H15BrN2O. The zero-order valence-corrected chi connectivity index (χ0v) is 10.7. The zero-order valence-electron chi connectivity index (χ0n) is 9.08. The Morgan fingerprint density at radius 3 is 2.88 bits per heavy atom. The van der Waals surface area contributed by atoms with Crippen molar-refractivity contribution in [3.05, 3.63) is 22.7 Å². The summed E-state index contributed by atoms with van der Waals surface area (Å²) in [6, 6.07) is 5.58. The van der Waals surface area contributed by atoms with Gasteiger partial charge in [-0.1, -0.05) is 6.42 Å². The van der Waals surface area contributed by atoms with Gasteiger partial charge in [-0.3, -0.25) is 4.79 Å². The summed E-state index contributed by atoms with van der Waals surface area (Å²) >= 11 is 3.47. The quantitative estimate of drug-likeness (QED) is 0.805. The highest BCUT2D eigenvalue weighted by molar-refractivity contribution is 9.10. The van der Waals surface area contributed by atoms with E-state index in [1.807, 2.05) is 23.1 Å². The maximum atomic E-state index is 11.9. The molecule has 3 nitrogen and oxygen atoms in total. The molecule has 0 saturated carbocycles. The van der Waals surface area contributed by atoms with E-state index in [0.717, 1.165) is 36.0 Å². The minimum atomic E-state index is 0.198. The van der Waals surface area contributed by atoms with Crippen LogP contribution in [0.15, 0.2) is 22.7 Å². The minimum Gasteiger partial charge on any atom is -0.399 e. The van der Waals surface area contributed by atoms with Crippen LogP contribution in [0, 0.1) is 0 Å². The van der Waals surface area contributed by atoms with E-state index < -0.39 is 0 Å². The first-order valence-corrected chi connectivity index (χ1v) is 6.33. The van der Waals surface area contributed by atoms with Gasteiger partial charge in [0.2, 0.25) is 5.91 Å². The van der Waals surface area contributed by atoms with Gasteiger partial charge in [0.25, 0.3) is 0 Å². The Morgan fingerprint density at radius 2 is 2.06 bits per heavy atom. The fourth-order valence-corrected chi connectivity index (χ4v) is 2.43. The zero-order chi connectivity index (χ0) is 11.5. The number of halogens is 1. The number of rotatable bonds is 1. The predicted molar refractivity (Wildman–Crippen MR) is 69.4 cm³/mol. The van der Waals surface area contributed by atoms with Gasteiger partial charge in [-0.2, -0.15) is 0 Å². The molecule has 1 heterocycles. The fraction of sp³-hybridized carbons (Fsp3) is 0.417. The molecule has 1 aromatic carbocycles. The number of amides is 1. The number of hydrogen-bond acceptors (Lipinski definition) is 2. The molecule has 1 amide bonds. The first-order chi connectivity index (χ1) is 7.68. The first kappa shape index (κ1) is 11.5. The molecule has 1 aliphatic heterocycles. The van der Waals surface area contributed by atoms with Crippen molar-refractivity contribution >= 4 is 33.2 Å². The molecule has 0 bridgehead atoms. The first-order valence-electron chi connectivity index (χ1n) is 5.54. The molecular weight excluding hydrogens is 268 g/mol. The van der Waals surface area contributed by atoms with Crippen molar-refractivity contribution < 1.29 is 4.79 Å². The lowest BCUT2D eigenvalue weighted by Crippen LogP contribution is -2.30. The number of anilines is 2. The average molecular weight is 283 g/mol. The molecule has 1 aliphatic rings. The van der Waals surface area contributed by atoms with Crippen molar-refractivity contribution in [3.8, 4) is 0 Å². The summed E-state index contributed by atoms with van der Waals surface area (Å²) < 4.78 is 0.928. The van der Waals surface area contributed by atoms with E-state index in [0.29, 0.717) is 12.1 Å². The Labute approximate surface area is 104 Å². The SMILES string of the molecule is Nc1ccc(Br)c(N2CCCCCC2=O)c1. The topological polar surface area (TPSA) is 46.3 Å². The molecule has 16 heavy (non-hydrogen) atoms. The van der Waals surface area contributed by atoms with Crippen LogP contribution in [0.4, 0.5) is 11.4 Å². The summed E-state index contributed by atoms with van der Waals surface area (Å²) in [4.78, 5) is 13.8. The lowest BCUT2D eigenvalue weighted by atomic mass is 10.2. The van der Waals surface area contributed by atoms with Gasteiger partial charge in [0, 0.05) is 23.1 Å². The van der Waals surface area contributed by atoms with E-state index in [9.17, 15) is 4.79 Å². The summed E-state index contributed by atoms with van der Waals surface area (Å²) in [6.07, 6.45) is 3.83. The highest BCUT2D eigenvalue weighted by atomic mass is 79.9. The third kappa shape index (κ3) is 2.38. The van der Waals surface area contributed by atoms with Crippen LogP contribution in [0.3, 0.4) is 0 Å². The molecule has 2 N–H and O–H groups in total. The Balaban J connectivity index is 2.33. The van der Waals surface area contributed by atoms with E-state index in [1.165, 1.54) is 0 Å². The van der Waals surface area contributed by atoms with Crippen molar-refractivity contribution in [2.75, 3.05) is 17.2 Å². The molecule has 0 aromatic heterocycles. The van der Waals surface area contributed by atoms with Crippen molar-refractivity contribution in [2.45, 2.75) is 25.7 Å². The molecule has 0 atom stereocenters. The summed E-state index contributed by atoms with van der Waals surface area (Å²) in [5.41, 5.74) is 7.35. The monoisotopic (exact) mass is 282 g/mol. The van der Waals surface area contributed by atoms with E-state index in [2.05, 4.69) is 15.9 Å². The average Bonchev–Trinajstić information content (AvgIpc) is 2.47. The van der Waals surface area contributed by atoms with Crippen LogP contribution in [0.1, 0.15) is 25.7 Å². The van der Waals surface area contributed by atoms with Gasteiger partial charge in [-0.15, -0.1) is 0 Å². The number of carbonyl (C=O) groups excluding carboxylic acids is 1. The molecule has 2 rings (SSSR count). The molecule has 0 spiro atoms. The lowest BCUT2D eigenvalue weighted by Gasteiger charge is -2.22. The van der Waals surface area contributed by atoms with Gasteiger partial charge in [0.1, 0.15) is 0 Å². The Hall–Kier alpha value is -1.03. The molecule has 0 radical (unpaired) electrons. The molecule has 86 valence electrons. The predicted octanol–water partition coefficient (Wildman–Crippen LogP) is 2.94. The maximum absolute atomic E-state index is 11.9. The van der Waals surface area contributed by atoms with Gasteiger partial charge in [-0.25, -0.2) is 0 Å². The van der Waals surface area contributed by atoms with Gasteiger partial charge in [0.15, 0.2) is 0 Å². The Bertz CT molecular complexity index is 406. The second-order valence-corrected chi connectivity index (χ2v) is 4.92.